The zero-order valence-electron chi connectivity index (χ0n) is 15.3. The van der Waals surface area contributed by atoms with E-state index in [1.807, 2.05) is 66.5 Å². The number of rotatable bonds is 5. The summed E-state index contributed by atoms with van der Waals surface area (Å²) in [5, 5.41) is 6.31. The van der Waals surface area contributed by atoms with Crippen molar-refractivity contribution in [3.63, 3.8) is 0 Å². The maximum atomic E-state index is 12.5. The first-order valence-electron chi connectivity index (χ1n) is 8.94. The van der Waals surface area contributed by atoms with Crippen LogP contribution in [0.5, 0.6) is 0 Å². The molecule has 0 aliphatic rings. The van der Waals surface area contributed by atoms with Crippen molar-refractivity contribution in [1.29, 1.82) is 0 Å². The number of amides is 1. The minimum absolute atomic E-state index is 0.0271. The molecule has 0 unspecified atom stereocenters. The van der Waals surface area contributed by atoms with Crippen LogP contribution in [0.2, 0.25) is 0 Å². The van der Waals surface area contributed by atoms with E-state index in [-0.39, 0.29) is 11.9 Å². The zero-order valence-corrected chi connectivity index (χ0v) is 16.2. The zero-order chi connectivity index (χ0) is 18.8. The van der Waals surface area contributed by atoms with E-state index in [0.717, 1.165) is 27.0 Å². The Hall–Kier alpha value is -2.76. The number of fused-ring (bicyclic) bond motifs is 2. The van der Waals surface area contributed by atoms with Crippen LogP contribution < -0.4 is 5.32 Å². The Morgan fingerprint density at radius 2 is 1.81 bits per heavy atom. The van der Waals surface area contributed by atoms with Crippen LogP contribution in [0.4, 0.5) is 5.69 Å². The van der Waals surface area contributed by atoms with Crippen molar-refractivity contribution in [2.24, 2.45) is 0 Å². The summed E-state index contributed by atoms with van der Waals surface area (Å²) in [5.41, 5.74) is 1.83. The molecular formula is C22H21N3OS. The molecule has 1 N–H and O–H groups in total. The van der Waals surface area contributed by atoms with Gasteiger partial charge in [-0.05, 0) is 49.0 Å². The predicted molar refractivity (Wildman–Crippen MR) is 113 cm³/mol. The fourth-order valence-electron chi connectivity index (χ4n) is 3.09. The van der Waals surface area contributed by atoms with Gasteiger partial charge >= 0.3 is 0 Å². The molecule has 0 fully saturated rings. The normalized spacial score (nSPS) is 12.6. The Labute approximate surface area is 162 Å². The molecule has 0 bridgehead atoms. The minimum atomic E-state index is -0.0271. The Balaban J connectivity index is 1.43. The molecule has 4 rings (SSSR count). The smallest absolute Gasteiger partial charge is 0.238 e. The van der Waals surface area contributed by atoms with Crippen LogP contribution >= 0.6 is 11.3 Å². The molecule has 0 aliphatic heterocycles. The van der Waals surface area contributed by atoms with Gasteiger partial charge in [0.25, 0.3) is 0 Å². The number of likely N-dealkylation sites (N-methyl/N-ethyl adjacent to an activating group) is 1. The van der Waals surface area contributed by atoms with Crippen molar-refractivity contribution >= 4 is 43.9 Å². The van der Waals surface area contributed by atoms with Gasteiger partial charge in [0.1, 0.15) is 5.01 Å². The number of nitrogens with zero attached hydrogens (tertiary/aromatic N) is 2. The highest BCUT2D eigenvalue weighted by atomic mass is 32.1. The molecule has 0 radical (unpaired) electrons. The molecular weight excluding hydrogens is 354 g/mol. The van der Waals surface area contributed by atoms with Gasteiger partial charge in [0.05, 0.1) is 22.8 Å². The van der Waals surface area contributed by atoms with Gasteiger partial charge in [0.15, 0.2) is 0 Å². The molecule has 0 saturated heterocycles. The topological polar surface area (TPSA) is 45.2 Å². The number of carbonyl (C=O) groups is 1. The van der Waals surface area contributed by atoms with Gasteiger partial charge in [-0.25, -0.2) is 4.98 Å². The summed E-state index contributed by atoms with van der Waals surface area (Å²) in [6, 6.07) is 22.3. The minimum Gasteiger partial charge on any atom is -0.325 e. The maximum absolute atomic E-state index is 12.5. The van der Waals surface area contributed by atoms with E-state index in [1.165, 1.54) is 4.70 Å². The predicted octanol–water partition coefficient (Wildman–Crippen LogP) is 5.08. The van der Waals surface area contributed by atoms with E-state index in [4.69, 9.17) is 4.98 Å². The molecule has 1 amide bonds. The molecule has 27 heavy (non-hydrogen) atoms. The lowest BCUT2D eigenvalue weighted by Gasteiger charge is -2.22. The van der Waals surface area contributed by atoms with E-state index in [0.29, 0.717) is 6.54 Å². The summed E-state index contributed by atoms with van der Waals surface area (Å²) in [5.74, 6) is -0.0271. The molecule has 0 spiro atoms. The highest BCUT2D eigenvalue weighted by Crippen LogP contribution is 2.28. The number of para-hydroxylation sites is 1. The summed E-state index contributed by atoms with van der Waals surface area (Å²) in [6.45, 7) is 2.39. The van der Waals surface area contributed by atoms with Gasteiger partial charge in [0.2, 0.25) is 5.91 Å². The van der Waals surface area contributed by atoms with Gasteiger partial charge in [-0.1, -0.05) is 42.5 Å². The number of anilines is 1. The lowest BCUT2D eigenvalue weighted by Crippen LogP contribution is -2.32. The molecule has 3 aromatic carbocycles. The molecule has 1 atom stereocenters. The average Bonchev–Trinajstić information content (AvgIpc) is 3.11. The van der Waals surface area contributed by atoms with Crippen LogP contribution in [0.15, 0.2) is 66.7 Å². The Bertz CT molecular complexity index is 1070. The largest absolute Gasteiger partial charge is 0.325 e. The van der Waals surface area contributed by atoms with E-state index in [9.17, 15) is 4.79 Å². The standard InChI is InChI=1S/C22H21N3OS/c1-15(22-24-19-9-5-6-10-20(19)27-22)25(2)14-21(26)23-18-12-11-16-7-3-4-8-17(16)13-18/h3-13,15H,14H2,1-2H3,(H,23,26)/t15-/m1/s1. The number of carbonyl (C=O) groups excluding carboxylic acids is 1. The molecule has 0 aliphatic carbocycles. The highest BCUT2D eigenvalue weighted by molar-refractivity contribution is 7.18. The van der Waals surface area contributed by atoms with Crippen LogP contribution in [-0.2, 0) is 4.79 Å². The molecule has 1 heterocycles. The maximum Gasteiger partial charge on any atom is 0.238 e. The van der Waals surface area contributed by atoms with Crippen molar-refractivity contribution in [2.75, 3.05) is 18.9 Å². The van der Waals surface area contributed by atoms with E-state index >= 15 is 0 Å². The van der Waals surface area contributed by atoms with Crippen molar-refractivity contribution in [1.82, 2.24) is 9.88 Å². The second-order valence-electron chi connectivity index (χ2n) is 6.72. The third kappa shape index (κ3) is 3.84. The average molecular weight is 375 g/mol. The van der Waals surface area contributed by atoms with Gasteiger partial charge < -0.3 is 5.32 Å². The number of hydrogen-bond acceptors (Lipinski definition) is 4. The van der Waals surface area contributed by atoms with Crippen LogP contribution in [0.3, 0.4) is 0 Å². The van der Waals surface area contributed by atoms with Crippen LogP contribution in [0.1, 0.15) is 18.0 Å². The Morgan fingerprint density at radius 1 is 1.07 bits per heavy atom. The monoisotopic (exact) mass is 375 g/mol. The SMILES string of the molecule is C[C@H](c1nc2ccccc2s1)N(C)CC(=O)Nc1ccc2ccccc2c1. The lowest BCUT2D eigenvalue weighted by molar-refractivity contribution is -0.117. The first-order valence-corrected chi connectivity index (χ1v) is 9.76. The van der Waals surface area contributed by atoms with Crippen molar-refractivity contribution in [3.8, 4) is 0 Å². The second kappa shape index (κ2) is 7.47. The van der Waals surface area contributed by atoms with E-state index < -0.39 is 0 Å². The fraction of sp³-hybridized carbons (Fsp3) is 0.182. The van der Waals surface area contributed by atoms with Gasteiger partial charge in [-0.3, -0.25) is 9.69 Å². The summed E-state index contributed by atoms with van der Waals surface area (Å²) in [4.78, 5) is 19.2. The number of aromatic nitrogens is 1. The van der Waals surface area contributed by atoms with E-state index in [2.05, 4.69) is 24.4 Å². The second-order valence-corrected chi connectivity index (χ2v) is 7.78. The van der Waals surface area contributed by atoms with Crippen molar-refractivity contribution in [2.45, 2.75) is 13.0 Å². The molecule has 1 aromatic heterocycles. The van der Waals surface area contributed by atoms with Crippen LogP contribution in [0, 0.1) is 0 Å². The molecule has 136 valence electrons. The van der Waals surface area contributed by atoms with Crippen LogP contribution in [0.25, 0.3) is 21.0 Å². The van der Waals surface area contributed by atoms with Crippen LogP contribution in [-0.4, -0.2) is 29.4 Å². The third-order valence-corrected chi connectivity index (χ3v) is 5.96. The van der Waals surface area contributed by atoms with Gasteiger partial charge in [-0.2, -0.15) is 0 Å². The molecule has 4 aromatic rings. The fourth-order valence-corrected chi connectivity index (χ4v) is 4.17. The first kappa shape index (κ1) is 17.6. The Kier molecular flexibility index (Phi) is 4.88. The number of nitrogens with one attached hydrogen (secondary N) is 1. The Morgan fingerprint density at radius 3 is 2.63 bits per heavy atom. The molecule has 0 saturated carbocycles. The van der Waals surface area contributed by atoms with Gasteiger partial charge in [0, 0.05) is 5.69 Å². The van der Waals surface area contributed by atoms with E-state index in [1.54, 1.807) is 11.3 Å². The van der Waals surface area contributed by atoms with Crippen molar-refractivity contribution in [3.05, 3.63) is 71.7 Å². The number of hydrogen-bond donors (Lipinski definition) is 1. The number of benzene rings is 3. The quantitative estimate of drug-likeness (QED) is 0.529. The highest BCUT2D eigenvalue weighted by Gasteiger charge is 2.18. The summed E-state index contributed by atoms with van der Waals surface area (Å²) in [6.07, 6.45) is 0. The first-order chi connectivity index (χ1) is 13.1. The summed E-state index contributed by atoms with van der Waals surface area (Å²) < 4.78 is 1.17. The lowest BCUT2D eigenvalue weighted by atomic mass is 10.1. The number of thiazole rings is 1. The van der Waals surface area contributed by atoms with Crippen molar-refractivity contribution < 1.29 is 4.79 Å². The summed E-state index contributed by atoms with van der Waals surface area (Å²) >= 11 is 1.68. The van der Waals surface area contributed by atoms with Gasteiger partial charge in [-0.15, -0.1) is 11.3 Å². The third-order valence-electron chi connectivity index (χ3n) is 4.76. The summed E-state index contributed by atoms with van der Waals surface area (Å²) in [7, 11) is 1.96. The molecule has 5 heteroatoms. The molecule has 4 nitrogen and oxygen atoms in total.